The van der Waals surface area contributed by atoms with Crippen LogP contribution in [0, 0.1) is 11.3 Å². The van der Waals surface area contributed by atoms with Gasteiger partial charge in [0, 0.05) is 13.1 Å². The number of nitriles is 1. The maximum Gasteiger partial charge on any atom is 0.154 e. The molecule has 0 bridgehead atoms. The van der Waals surface area contributed by atoms with E-state index in [0.717, 1.165) is 11.5 Å². The standard InChI is InChI=1S/C13H15N5O/c1-9(13-17-15-8-18(13)2)16-12-6-11(19-3)5-4-10(12)7-14/h4-6,8-9,16H,1-3H3. The van der Waals surface area contributed by atoms with Crippen LogP contribution in [0.1, 0.15) is 24.4 Å². The third kappa shape index (κ3) is 2.65. The molecule has 1 heterocycles. The van der Waals surface area contributed by atoms with Crippen LogP contribution in [-0.2, 0) is 7.05 Å². The fourth-order valence-electron chi connectivity index (χ4n) is 1.85. The molecule has 2 rings (SSSR count). The summed E-state index contributed by atoms with van der Waals surface area (Å²) in [5, 5.41) is 20.3. The summed E-state index contributed by atoms with van der Waals surface area (Å²) in [4.78, 5) is 0. The average Bonchev–Trinajstić information content (AvgIpc) is 2.85. The largest absolute Gasteiger partial charge is 0.497 e. The lowest BCUT2D eigenvalue weighted by molar-refractivity contribution is 0.415. The lowest BCUT2D eigenvalue weighted by atomic mass is 10.1. The highest BCUT2D eigenvalue weighted by Gasteiger charge is 2.13. The van der Waals surface area contributed by atoms with Gasteiger partial charge < -0.3 is 14.6 Å². The van der Waals surface area contributed by atoms with Gasteiger partial charge in [0.25, 0.3) is 0 Å². The van der Waals surface area contributed by atoms with Crippen molar-refractivity contribution in [2.75, 3.05) is 12.4 Å². The van der Waals surface area contributed by atoms with E-state index in [1.807, 2.05) is 18.5 Å². The van der Waals surface area contributed by atoms with Crippen molar-refractivity contribution in [2.45, 2.75) is 13.0 Å². The number of ether oxygens (including phenoxy) is 1. The predicted octanol–water partition coefficient (Wildman–Crippen LogP) is 1.87. The fourth-order valence-corrected chi connectivity index (χ4v) is 1.85. The number of nitrogens with one attached hydrogen (secondary N) is 1. The van der Waals surface area contributed by atoms with E-state index in [4.69, 9.17) is 10.00 Å². The molecule has 0 aliphatic carbocycles. The van der Waals surface area contributed by atoms with Gasteiger partial charge >= 0.3 is 0 Å². The molecule has 0 aliphatic rings. The maximum absolute atomic E-state index is 9.12. The minimum absolute atomic E-state index is 0.0632. The number of aryl methyl sites for hydroxylation is 1. The second-order valence-electron chi connectivity index (χ2n) is 4.19. The molecule has 0 fully saturated rings. The van der Waals surface area contributed by atoms with E-state index in [1.165, 1.54) is 0 Å². The minimum Gasteiger partial charge on any atom is -0.497 e. The fraction of sp³-hybridized carbons (Fsp3) is 0.308. The lowest BCUT2D eigenvalue weighted by Gasteiger charge is -2.16. The zero-order valence-electron chi connectivity index (χ0n) is 11.1. The van der Waals surface area contributed by atoms with Crippen LogP contribution < -0.4 is 10.1 Å². The first-order valence-electron chi connectivity index (χ1n) is 5.84. The smallest absolute Gasteiger partial charge is 0.154 e. The summed E-state index contributed by atoms with van der Waals surface area (Å²) >= 11 is 0. The van der Waals surface area contributed by atoms with Gasteiger partial charge in [0.05, 0.1) is 24.4 Å². The van der Waals surface area contributed by atoms with Crippen LogP contribution >= 0.6 is 0 Å². The second kappa shape index (κ2) is 5.40. The molecule has 1 aromatic carbocycles. The van der Waals surface area contributed by atoms with Crippen molar-refractivity contribution < 1.29 is 4.74 Å². The van der Waals surface area contributed by atoms with Crippen LogP contribution in [0.5, 0.6) is 5.75 Å². The van der Waals surface area contributed by atoms with Crippen LogP contribution in [0.25, 0.3) is 0 Å². The summed E-state index contributed by atoms with van der Waals surface area (Å²) < 4.78 is 7.00. The molecule has 2 aromatic rings. The topological polar surface area (TPSA) is 75.8 Å². The Balaban J connectivity index is 2.28. The average molecular weight is 257 g/mol. The number of hydrogen-bond acceptors (Lipinski definition) is 5. The lowest BCUT2D eigenvalue weighted by Crippen LogP contribution is -2.12. The van der Waals surface area contributed by atoms with Crippen molar-refractivity contribution in [2.24, 2.45) is 7.05 Å². The Bertz CT molecular complexity index is 614. The van der Waals surface area contributed by atoms with Gasteiger partial charge in [-0.05, 0) is 19.1 Å². The molecule has 98 valence electrons. The SMILES string of the molecule is COc1ccc(C#N)c(NC(C)c2nncn2C)c1. The van der Waals surface area contributed by atoms with E-state index in [1.54, 1.807) is 31.6 Å². The normalized spacial score (nSPS) is 11.7. The van der Waals surface area contributed by atoms with E-state index in [9.17, 15) is 0 Å². The number of aromatic nitrogens is 3. The third-order valence-corrected chi connectivity index (χ3v) is 2.85. The molecule has 0 saturated heterocycles. The van der Waals surface area contributed by atoms with Crippen molar-refractivity contribution in [1.29, 1.82) is 5.26 Å². The van der Waals surface area contributed by atoms with Gasteiger partial charge in [0.1, 0.15) is 18.1 Å². The Morgan fingerprint density at radius 1 is 1.47 bits per heavy atom. The Morgan fingerprint density at radius 2 is 2.26 bits per heavy atom. The molecule has 0 spiro atoms. The molecule has 0 saturated carbocycles. The number of benzene rings is 1. The summed E-state index contributed by atoms with van der Waals surface area (Å²) in [6.07, 6.45) is 1.64. The predicted molar refractivity (Wildman–Crippen MR) is 70.7 cm³/mol. The maximum atomic E-state index is 9.12. The number of rotatable bonds is 4. The van der Waals surface area contributed by atoms with Crippen molar-refractivity contribution in [3.8, 4) is 11.8 Å². The van der Waals surface area contributed by atoms with Crippen molar-refractivity contribution >= 4 is 5.69 Å². The molecule has 6 heteroatoms. The number of methoxy groups -OCH3 is 1. The quantitative estimate of drug-likeness (QED) is 0.904. The third-order valence-electron chi connectivity index (χ3n) is 2.85. The zero-order valence-corrected chi connectivity index (χ0v) is 11.1. The summed E-state index contributed by atoms with van der Waals surface area (Å²) in [5.41, 5.74) is 1.28. The Kier molecular flexibility index (Phi) is 3.66. The highest BCUT2D eigenvalue weighted by atomic mass is 16.5. The van der Waals surface area contributed by atoms with Gasteiger partial charge in [-0.25, -0.2) is 0 Å². The molecule has 0 radical (unpaired) electrons. The van der Waals surface area contributed by atoms with Gasteiger partial charge in [0.2, 0.25) is 0 Å². The van der Waals surface area contributed by atoms with Crippen LogP contribution in [0.4, 0.5) is 5.69 Å². The Morgan fingerprint density at radius 3 is 2.84 bits per heavy atom. The van der Waals surface area contributed by atoms with E-state index in [2.05, 4.69) is 21.6 Å². The second-order valence-corrected chi connectivity index (χ2v) is 4.19. The summed E-state index contributed by atoms with van der Waals surface area (Å²) in [6, 6.07) is 7.37. The van der Waals surface area contributed by atoms with Gasteiger partial charge in [-0.2, -0.15) is 5.26 Å². The first kappa shape index (κ1) is 12.9. The van der Waals surface area contributed by atoms with Gasteiger partial charge in [0.15, 0.2) is 5.82 Å². The van der Waals surface area contributed by atoms with E-state index in [0.29, 0.717) is 11.3 Å². The molecular formula is C13H15N5O. The summed E-state index contributed by atoms with van der Waals surface area (Å²) in [6.45, 7) is 1.96. The first-order valence-corrected chi connectivity index (χ1v) is 5.84. The Hall–Kier alpha value is -2.55. The van der Waals surface area contributed by atoms with E-state index >= 15 is 0 Å². The summed E-state index contributed by atoms with van der Waals surface area (Å²) in [7, 11) is 3.47. The molecule has 1 unspecified atom stereocenters. The minimum atomic E-state index is -0.0632. The number of nitrogens with zero attached hydrogens (tertiary/aromatic N) is 4. The molecule has 1 atom stereocenters. The molecule has 6 nitrogen and oxygen atoms in total. The van der Waals surface area contributed by atoms with Crippen LogP contribution in [0.2, 0.25) is 0 Å². The highest BCUT2D eigenvalue weighted by molar-refractivity contribution is 5.61. The summed E-state index contributed by atoms with van der Waals surface area (Å²) in [5.74, 6) is 1.50. The zero-order chi connectivity index (χ0) is 13.8. The van der Waals surface area contributed by atoms with Gasteiger partial charge in [-0.15, -0.1) is 10.2 Å². The van der Waals surface area contributed by atoms with Crippen LogP contribution in [0.3, 0.4) is 0 Å². The van der Waals surface area contributed by atoms with Crippen LogP contribution in [-0.4, -0.2) is 21.9 Å². The van der Waals surface area contributed by atoms with Crippen LogP contribution in [0.15, 0.2) is 24.5 Å². The molecule has 0 aliphatic heterocycles. The molecular weight excluding hydrogens is 242 g/mol. The monoisotopic (exact) mass is 257 g/mol. The van der Waals surface area contributed by atoms with E-state index in [-0.39, 0.29) is 6.04 Å². The van der Waals surface area contributed by atoms with Gasteiger partial charge in [-0.3, -0.25) is 0 Å². The molecule has 0 amide bonds. The number of hydrogen-bond donors (Lipinski definition) is 1. The molecule has 1 aromatic heterocycles. The van der Waals surface area contributed by atoms with Crippen molar-refractivity contribution in [1.82, 2.24) is 14.8 Å². The number of anilines is 1. The van der Waals surface area contributed by atoms with E-state index < -0.39 is 0 Å². The molecule has 19 heavy (non-hydrogen) atoms. The highest BCUT2D eigenvalue weighted by Crippen LogP contribution is 2.25. The molecule has 1 N–H and O–H groups in total. The van der Waals surface area contributed by atoms with Crippen molar-refractivity contribution in [3.05, 3.63) is 35.9 Å². The Labute approximate surface area is 111 Å². The first-order chi connectivity index (χ1) is 9.15. The van der Waals surface area contributed by atoms with Crippen molar-refractivity contribution in [3.63, 3.8) is 0 Å². The van der Waals surface area contributed by atoms with Gasteiger partial charge in [-0.1, -0.05) is 0 Å².